The monoisotopic (exact) mass is 371 g/mol. The molecule has 4 nitrogen and oxygen atoms in total. The number of carbonyl (C=O) groups excluding carboxylic acids is 1. The molecule has 0 radical (unpaired) electrons. The van der Waals surface area contributed by atoms with Crippen LogP contribution in [0.1, 0.15) is 38.5 Å². The van der Waals surface area contributed by atoms with E-state index in [1.165, 1.54) is 44.6 Å². The van der Waals surface area contributed by atoms with E-state index < -0.39 is 0 Å². The summed E-state index contributed by atoms with van der Waals surface area (Å²) in [5.74, 6) is 2.56. The van der Waals surface area contributed by atoms with E-state index in [0.717, 1.165) is 24.3 Å². The average Bonchev–Trinajstić information content (AvgIpc) is 2.66. The minimum atomic E-state index is -0.183. The highest BCUT2D eigenvalue weighted by Crippen LogP contribution is 2.59. The van der Waals surface area contributed by atoms with Crippen molar-refractivity contribution < 1.29 is 9.18 Å². The van der Waals surface area contributed by atoms with E-state index in [9.17, 15) is 9.18 Å². The molecule has 0 aromatic heterocycles. The largest absolute Gasteiger partial charge is 0.366 e. The molecule has 27 heavy (non-hydrogen) atoms. The van der Waals surface area contributed by atoms with Gasteiger partial charge in [-0.3, -0.25) is 0 Å². The Labute approximate surface area is 161 Å². The maximum atomic E-state index is 14.0. The first-order valence-electron chi connectivity index (χ1n) is 10.6. The van der Waals surface area contributed by atoms with Gasteiger partial charge >= 0.3 is 6.03 Å². The molecule has 4 saturated carbocycles. The topological polar surface area (TPSA) is 35.6 Å². The number of para-hydroxylation sites is 1. The van der Waals surface area contributed by atoms with Crippen LogP contribution in [0.3, 0.4) is 0 Å². The fourth-order valence-corrected chi connectivity index (χ4v) is 6.74. The number of hydrogen-bond donors (Lipinski definition) is 1. The Morgan fingerprint density at radius 1 is 1.00 bits per heavy atom. The van der Waals surface area contributed by atoms with Gasteiger partial charge in [-0.2, -0.15) is 0 Å². The summed E-state index contributed by atoms with van der Waals surface area (Å²) in [7, 11) is 0. The number of anilines is 1. The lowest BCUT2D eigenvalue weighted by Gasteiger charge is -2.57. The quantitative estimate of drug-likeness (QED) is 0.875. The molecule has 146 valence electrons. The first kappa shape index (κ1) is 17.3. The van der Waals surface area contributed by atoms with Gasteiger partial charge < -0.3 is 15.1 Å². The fourth-order valence-electron chi connectivity index (χ4n) is 6.74. The standard InChI is InChI=1S/C22H30FN3O/c23-19-3-1-2-4-20(19)25-5-7-26(8-6-25)21(27)24-15-22-12-16-9-17(13-22)11-18(10-16)14-22/h1-4,16-18H,5-15H2,(H,24,27). The van der Waals surface area contributed by atoms with E-state index in [-0.39, 0.29) is 11.8 Å². The van der Waals surface area contributed by atoms with Gasteiger partial charge in [-0.05, 0) is 73.8 Å². The highest BCUT2D eigenvalue weighted by molar-refractivity contribution is 5.74. The summed E-state index contributed by atoms with van der Waals surface area (Å²) in [4.78, 5) is 16.7. The summed E-state index contributed by atoms with van der Waals surface area (Å²) in [6, 6.07) is 6.97. The second kappa shape index (κ2) is 6.68. The van der Waals surface area contributed by atoms with Crippen LogP contribution in [0.5, 0.6) is 0 Å². The predicted octanol–water partition coefficient (Wildman–Crippen LogP) is 3.87. The molecule has 6 rings (SSSR count). The summed E-state index contributed by atoms with van der Waals surface area (Å²) in [5, 5.41) is 3.27. The molecule has 4 bridgehead atoms. The van der Waals surface area contributed by atoms with Gasteiger partial charge in [0.05, 0.1) is 5.69 Å². The molecular formula is C22H30FN3O. The molecule has 5 aliphatic rings. The van der Waals surface area contributed by atoms with Gasteiger partial charge in [-0.1, -0.05) is 12.1 Å². The third-order valence-corrected chi connectivity index (χ3v) is 7.54. The van der Waals surface area contributed by atoms with Crippen LogP contribution in [-0.4, -0.2) is 43.7 Å². The summed E-state index contributed by atoms with van der Waals surface area (Å²) >= 11 is 0. The molecule has 1 N–H and O–H groups in total. The minimum absolute atomic E-state index is 0.0685. The van der Waals surface area contributed by atoms with Gasteiger partial charge in [0, 0.05) is 32.7 Å². The van der Waals surface area contributed by atoms with Crippen molar-refractivity contribution in [1.82, 2.24) is 10.2 Å². The number of urea groups is 1. The summed E-state index contributed by atoms with van der Waals surface area (Å²) in [5.41, 5.74) is 1.02. The van der Waals surface area contributed by atoms with Crippen molar-refractivity contribution >= 4 is 11.7 Å². The van der Waals surface area contributed by atoms with Crippen LogP contribution in [0.2, 0.25) is 0 Å². The number of benzene rings is 1. The van der Waals surface area contributed by atoms with Gasteiger partial charge in [-0.25, -0.2) is 9.18 Å². The zero-order valence-electron chi connectivity index (χ0n) is 16.0. The number of piperazine rings is 1. The van der Waals surface area contributed by atoms with E-state index in [4.69, 9.17) is 0 Å². The SMILES string of the molecule is O=C(NCC12CC3CC(CC(C3)C1)C2)N1CCN(c2ccccc2F)CC1. The molecule has 1 aliphatic heterocycles. The van der Waals surface area contributed by atoms with Crippen molar-refractivity contribution in [3.05, 3.63) is 30.1 Å². The Morgan fingerprint density at radius 2 is 1.59 bits per heavy atom. The predicted molar refractivity (Wildman–Crippen MR) is 104 cm³/mol. The Morgan fingerprint density at radius 3 is 2.19 bits per heavy atom. The zero-order valence-corrected chi connectivity index (χ0v) is 16.0. The van der Waals surface area contributed by atoms with Crippen LogP contribution < -0.4 is 10.2 Å². The molecule has 1 saturated heterocycles. The van der Waals surface area contributed by atoms with Gasteiger partial charge in [-0.15, -0.1) is 0 Å². The van der Waals surface area contributed by atoms with Crippen molar-refractivity contribution in [2.24, 2.45) is 23.2 Å². The van der Waals surface area contributed by atoms with E-state index in [0.29, 0.717) is 37.3 Å². The number of hydrogen-bond acceptors (Lipinski definition) is 2. The van der Waals surface area contributed by atoms with Gasteiger partial charge in [0.25, 0.3) is 0 Å². The van der Waals surface area contributed by atoms with E-state index >= 15 is 0 Å². The molecule has 1 aromatic carbocycles. The second-order valence-corrected chi connectivity index (χ2v) is 9.50. The molecular weight excluding hydrogens is 341 g/mol. The lowest BCUT2D eigenvalue weighted by molar-refractivity contribution is -0.0502. The van der Waals surface area contributed by atoms with Gasteiger partial charge in [0.1, 0.15) is 5.82 Å². The number of nitrogens with one attached hydrogen (secondary N) is 1. The molecule has 4 aliphatic carbocycles. The number of carbonyl (C=O) groups is 1. The van der Waals surface area contributed by atoms with Crippen LogP contribution in [0.25, 0.3) is 0 Å². The zero-order chi connectivity index (χ0) is 18.4. The number of halogens is 1. The summed E-state index contributed by atoms with van der Waals surface area (Å²) < 4.78 is 14.0. The maximum Gasteiger partial charge on any atom is 0.317 e. The van der Waals surface area contributed by atoms with Crippen molar-refractivity contribution in [1.29, 1.82) is 0 Å². The number of amides is 2. The Balaban J connectivity index is 1.15. The molecule has 2 amide bonds. The maximum absolute atomic E-state index is 14.0. The normalized spacial score (nSPS) is 34.8. The average molecular weight is 372 g/mol. The highest BCUT2D eigenvalue weighted by atomic mass is 19.1. The van der Waals surface area contributed by atoms with Crippen LogP contribution in [0, 0.1) is 29.0 Å². The number of nitrogens with zero attached hydrogens (tertiary/aromatic N) is 2. The molecule has 0 atom stereocenters. The number of rotatable bonds is 3. The molecule has 5 heteroatoms. The van der Waals surface area contributed by atoms with Crippen LogP contribution in [-0.2, 0) is 0 Å². The molecule has 0 spiro atoms. The van der Waals surface area contributed by atoms with E-state index in [1.54, 1.807) is 6.07 Å². The van der Waals surface area contributed by atoms with Gasteiger partial charge in [0.2, 0.25) is 0 Å². The summed E-state index contributed by atoms with van der Waals surface area (Å²) in [6.45, 7) is 3.53. The van der Waals surface area contributed by atoms with Crippen LogP contribution in [0.15, 0.2) is 24.3 Å². The van der Waals surface area contributed by atoms with Crippen molar-refractivity contribution in [2.45, 2.75) is 38.5 Å². The van der Waals surface area contributed by atoms with Gasteiger partial charge in [0.15, 0.2) is 0 Å². The highest BCUT2D eigenvalue weighted by Gasteiger charge is 2.50. The third-order valence-electron chi connectivity index (χ3n) is 7.54. The first-order chi connectivity index (χ1) is 13.1. The second-order valence-electron chi connectivity index (χ2n) is 9.50. The first-order valence-corrected chi connectivity index (χ1v) is 10.6. The smallest absolute Gasteiger partial charge is 0.317 e. The third kappa shape index (κ3) is 3.30. The lowest BCUT2D eigenvalue weighted by Crippen LogP contribution is -2.55. The van der Waals surface area contributed by atoms with Crippen molar-refractivity contribution in [3.8, 4) is 0 Å². The van der Waals surface area contributed by atoms with Crippen LogP contribution in [0.4, 0.5) is 14.9 Å². The Kier molecular flexibility index (Phi) is 4.29. The molecule has 5 fully saturated rings. The molecule has 0 unspecified atom stereocenters. The fraction of sp³-hybridized carbons (Fsp3) is 0.682. The lowest BCUT2D eigenvalue weighted by atomic mass is 9.49. The summed E-state index contributed by atoms with van der Waals surface area (Å²) in [6.07, 6.45) is 8.27. The van der Waals surface area contributed by atoms with Crippen molar-refractivity contribution in [3.63, 3.8) is 0 Å². The van der Waals surface area contributed by atoms with Crippen LogP contribution >= 0.6 is 0 Å². The molecule has 1 aromatic rings. The Hall–Kier alpha value is -1.78. The minimum Gasteiger partial charge on any atom is -0.366 e. The molecule has 1 heterocycles. The van der Waals surface area contributed by atoms with E-state index in [1.807, 2.05) is 21.9 Å². The Bertz CT molecular complexity index is 678. The van der Waals surface area contributed by atoms with E-state index in [2.05, 4.69) is 5.32 Å². The van der Waals surface area contributed by atoms with Crippen molar-refractivity contribution in [2.75, 3.05) is 37.6 Å².